The smallest absolute Gasteiger partial charge is 0.291 e. The van der Waals surface area contributed by atoms with Crippen molar-refractivity contribution in [3.8, 4) is 11.8 Å². The number of amides is 1. The van der Waals surface area contributed by atoms with Gasteiger partial charge < -0.3 is 15.5 Å². The minimum Gasteiger partial charge on any atom is -0.459 e. The van der Waals surface area contributed by atoms with E-state index < -0.39 is 0 Å². The first-order valence-electron chi connectivity index (χ1n) is 6.27. The van der Waals surface area contributed by atoms with Gasteiger partial charge in [0.1, 0.15) is 0 Å². The van der Waals surface area contributed by atoms with Gasteiger partial charge in [0.05, 0.1) is 12.8 Å². The number of nitrogens with one attached hydrogen (secondary N) is 1. The van der Waals surface area contributed by atoms with Crippen molar-refractivity contribution in [2.75, 3.05) is 11.9 Å². The van der Waals surface area contributed by atoms with Crippen LogP contribution in [0.15, 0.2) is 34.9 Å². The highest BCUT2D eigenvalue weighted by atomic mass is 16.3. The fourth-order valence-corrected chi connectivity index (χ4v) is 1.82. The third-order valence-electron chi connectivity index (χ3n) is 2.88. The fraction of sp³-hybridized carbons (Fsp3) is 0.188. The Balaban J connectivity index is 2.18. The summed E-state index contributed by atoms with van der Waals surface area (Å²) in [6, 6.07) is 7.34. The normalized spacial score (nSPS) is 9.75. The van der Waals surface area contributed by atoms with E-state index >= 15 is 0 Å². The SMILES string of the molecule is Cc1cc(C#CCN)ccc1NC(=O)c1occc1C. The Morgan fingerprint density at radius 2 is 2.10 bits per heavy atom. The van der Waals surface area contributed by atoms with Gasteiger partial charge in [-0.1, -0.05) is 11.8 Å². The number of hydrogen-bond acceptors (Lipinski definition) is 3. The first kappa shape index (κ1) is 13.9. The minimum atomic E-state index is -0.253. The zero-order valence-corrected chi connectivity index (χ0v) is 11.5. The molecule has 1 aromatic heterocycles. The molecular formula is C16H16N2O2. The van der Waals surface area contributed by atoms with Crippen LogP contribution in [0.2, 0.25) is 0 Å². The van der Waals surface area contributed by atoms with E-state index in [1.807, 2.05) is 32.0 Å². The van der Waals surface area contributed by atoms with E-state index in [0.29, 0.717) is 12.3 Å². The molecule has 0 aliphatic carbocycles. The van der Waals surface area contributed by atoms with Crippen LogP contribution in [0.1, 0.15) is 27.2 Å². The summed E-state index contributed by atoms with van der Waals surface area (Å²) in [7, 11) is 0. The molecule has 0 saturated heterocycles. The van der Waals surface area contributed by atoms with Crippen LogP contribution in [-0.4, -0.2) is 12.5 Å². The van der Waals surface area contributed by atoms with Gasteiger partial charge in [-0.15, -0.1) is 0 Å². The van der Waals surface area contributed by atoms with Gasteiger partial charge in [-0.05, 0) is 43.7 Å². The van der Waals surface area contributed by atoms with Gasteiger partial charge in [0.2, 0.25) is 0 Å². The van der Waals surface area contributed by atoms with Crippen molar-refractivity contribution < 1.29 is 9.21 Å². The molecule has 1 amide bonds. The van der Waals surface area contributed by atoms with E-state index in [2.05, 4.69) is 17.2 Å². The van der Waals surface area contributed by atoms with Crippen molar-refractivity contribution in [3.05, 3.63) is 53.0 Å². The fourth-order valence-electron chi connectivity index (χ4n) is 1.82. The molecule has 1 aromatic carbocycles. The van der Waals surface area contributed by atoms with Crippen LogP contribution in [-0.2, 0) is 0 Å². The Bertz CT molecular complexity index is 690. The van der Waals surface area contributed by atoms with Crippen molar-refractivity contribution in [2.24, 2.45) is 5.73 Å². The van der Waals surface area contributed by atoms with Crippen molar-refractivity contribution >= 4 is 11.6 Å². The summed E-state index contributed by atoms with van der Waals surface area (Å²) in [6.45, 7) is 4.07. The van der Waals surface area contributed by atoms with E-state index in [1.54, 1.807) is 6.07 Å². The summed E-state index contributed by atoms with van der Waals surface area (Å²) < 4.78 is 5.17. The number of carbonyl (C=O) groups is 1. The van der Waals surface area contributed by atoms with E-state index in [-0.39, 0.29) is 5.91 Å². The first-order valence-corrected chi connectivity index (χ1v) is 6.27. The molecule has 0 fully saturated rings. The molecule has 4 heteroatoms. The van der Waals surface area contributed by atoms with Crippen LogP contribution >= 0.6 is 0 Å². The molecule has 0 unspecified atom stereocenters. The molecule has 1 heterocycles. The Hall–Kier alpha value is -2.51. The summed E-state index contributed by atoms with van der Waals surface area (Å²) in [6.07, 6.45) is 1.50. The molecule has 0 atom stereocenters. The molecule has 3 N–H and O–H groups in total. The van der Waals surface area contributed by atoms with Gasteiger partial charge in [0.15, 0.2) is 5.76 Å². The monoisotopic (exact) mass is 268 g/mol. The molecule has 4 nitrogen and oxygen atoms in total. The number of rotatable bonds is 2. The lowest BCUT2D eigenvalue weighted by atomic mass is 10.1. The number of furan rings is 1. The Morgan fingerprint density at radius 1 is 1.30 bits per heavy atom. The highest BCUT2D eigenvalue weighted by Gasteiger charge is 2.13. The quantitative estimate of drug-likeness (QED) is 0.822. The van der Waals surface area contributed by atoms with Crippen molar-refractivity contribution in [3.63, 3.8) is 0 Å². The maximum absolute atomic E-state index is 12.1. The molecule has 2 aromatic rings. The largest absolute Gasteiger partial charge is 0.459 e. The molecule has 0 aliphatic heterocycles. The van der Waals surface area contributed by atoms with Crippen LogP contribution in [0.3, 0.4) is 0 Å². The Labute approximate surface area is 118 Å². The van der Waals surface area contributed by atoms with Gasteiger partial charge in [-0.25, -0.2) is 0 Å². The zero-order valence-electron chi connectivity index (χ0n) is 11.5. The standard InChI is InChI=1S/C16H16N2O2/c1-11-7-9-20-15(11)16(19)18-14-6-5-13(4-3-8-17)10-12(14)2/h5-7,9-10H,8,17H2,1-2H3,(H,18,19). The van der Waals surface area contributed by atoms with Crippen LogP contribution in [0.5, 0.6) is 0 Å². The van der Waals surface area contributed by atoms with E-state index in [9.17, 15) is 4.79 Å². The molecule has 0 spiro atoms. The van der Waals surface area contributed by atoms with E-state index in [0.717, 1.165) is 22.4 Å². The van der Waals surface area contributed by atoms with Crippen molar-refractivity contribution in [1.29, 1.82) is 0 Å². The number of carbonyl (C=O) groups excluding carboxylic acids is 1. The molecule has 20 heavy (non-hydrogen) atoms. The second-order valence-corrected chi connectivity index (χ2v) is 4.42. The highest BCUT2D eigenvalue weighted by Crippen LogP contribution is 2.18. The van der Waals surface area contributed by atoms with Gasteiger partial charge in [0, 0.05) is 16.8 Å². The average molecular weight is 268 g/mol. The third-order valence-corrected chi connectivity index (χ3v) is 2.88. The zero-order chi connectivity index (χ0) is 14.5. The number of nitrogens with two attached hydrogens (primary N) is 1. The first-order chi connectivity index (χ1) is 9.61. The summed E-state index contributed by atoms with van der Waals surface area (Å²) >= 11 is 0. The lowest BCUT2D eigenvalue weighted by Crippen LogP contribution is -2.13. The van der Waals surface area contributed by atoms with Crippen LogP contribution in [0.25, 0.3) is 0 Å². The summed E-state index contributed by atoms with van der Waals surface area (Å²) in [4.78, 5) is 12.1. The van der Waals surface area contributed by atoms with Crippen molar-refractivity contribution in [1.82, 2.24) is 0 Å². The molecular weight excluding hydrogens is 252 g/mol. The number of aryl methyl sites for hydroxylation is 2. The summed E-state index contributed by atoms with van der Waals surface area (Å²) in [5, 5.41) is 2.83. The Morgan fingerprint density at radius 3 is 2.70 bits per heavy atom. The highest BCUT2D eigenvalue weighted by molar-refractivity contribution is 6.03. The summed E-state index contributed by atoms with van der Waals surface area (Å²) in [5.74, 6) is 5.83. The lowest BCUT2D eigenvalue weighted by Gasteiger charge is -2.08. The number of anilines is 1. The van der Waals surface area contributed by atoms with Gasteiger partial charge in [-0.3, -0.25) is 4.79 Å². The topological polar surface area (TPSA) is 68.3 Å². The minimum absolute atomic E-state index is 0.253. The van der Waals surface area contributed by atoms with Crippen LogP contribution in [0, 0.1) is 25.7 Å². The molecule has 0 aliphatic rings. The Kier molecular flexibility index (Phi) is 4.24. The maximum atomic E-state index is 12.1. The second-order valence-electron chi connectivity index (χ2n) is 4.42. The molecule has 0 radical (unpaired) electrons. The maximum Gasteiger partial charge on any atom is 0.291 e. The van der Waals surface area contributed by atoms with Gasteiger partial charge in [-0.2, -0.15) is 0 Å². The number of benzene rings is 1. The van der Waals surface area contributed by atoms with Gasteiger partial charge >= 0.3 is 0 Å². The summed E-state index contributed by atoms with van der Waals surface area (Å²) in [5.41, 5.74) is 8.70. The van der Waals surface area contributed by atoms with E-state index in [4.69, 9.17) is 10.2 Å². The molecule has 0 saturated carbocycles. The predicted octanol–water partition coefficient (Wildman–Crippen LogP) is 2.46. The second kappa shape index (κ2) is 6.09. The predicted molar refractivity (Wildman–Crippen MR) is 78.5 cm³/mol. The third kappa shape index (κ3) is 3.08. The average Bonchev–Trinajstić information content (AvgIpc) is 2.85. The van der Waals surface area contributed by atoms with Crippen LogP contribution in [0.4, 0.5) is 5.69 Å². The lowest BCUT2D eigenvalue weighted by molar-refractivity contribution is 0.0996. The molecule has 102 valence electrons. The number of hydrogen-bond donors (Lipinski definition) is 2. The molecule has 0 bridgehead atoms. The van der Waals surface area contributed by atoms with Gasteiger partial charge in [0.25, 0.3) is 5.91 Å². The van der Waals surface area contributed by atoms with Crippen molar-refractivity contribution in [2.45, 2.75) is 13.8 Å². The van der Waals surface area contributed by atoms with Crippen LogP contribution < -0.4 is 11.1 Å². The van der Waals surface area contributed by atoms with E-state index in [1.165, 1.54) is 6.26 Å². The molecule has 2 rings (SSSR count).